The second kappa shape index (κ2) is 6.20. The third-order valence-electron chi connectivity index (χ3n) is 3.75. The number of nitrogens with zero attached hydrogens (tertiary/aromatic N) is 2. The number of pyridine rings is 1. The number of hydrogen-bond donors (Lipinski definition) is 1. The summed E-state index contributed by atoms with van der Waals surface area (Å²) in [6, 6.07) is 10.5. The number of anilines is 1. The third kappa shape index (κ3) is 2.95. The molecule has 3 rings (SSSR count). The van der Waals surface area contributed by atoms with Crippen LogP contribution in [0.1, 0.15) is 35.1 Å². The number of carbonyl (C=O) groups is 1. The molecule has 5 heteroatoms. The van der Waals surface area contributed by atoms with Crippen molar-refractivity contribution in [3.63, 3.8) is 0 Å². The van der Waals surface area contributed by atoms with Crippen LogP contribution in [0.2, 0.25) is 0 Å². The van der Waals surface area contributed by atoms with Crippen molar-refractivity contribution in [1.29, 1.82) is 0 Å². The number of benzene rings is 1. The van der Waals surface area contributed by atoms with Crippen molar-refractivity contribution in [3.8, 4) is 0 Å². The monoisotopic (exact) mass is 311 g/mol. The molecule has 3 aromatic rings. The van der Waals surface area contributed by atoms with Crippen LogP contribution in [0.25, 0.3) is 5.65 Å². The second-order valence-electron chi connectivity index (χ2n) is 5.50. The molecule has 0 aliphatic rings. The number of hydrogen-bond acceptors (Lipinski definition) is 2. The lowest BCUT2D eigenvalue weighted by Gasteiger charge is -2.09. The van der Waals surface area contributed by atoms with Gasteiger partial charge in [-0.2, -0.15) is 0 Å². The van der Waals surface area contributed by atoms with Gasteiger partial charge >= 0.3 is 0 Å². The van der Waals surface area contributed by atoms with Gasteiger partial charge in [-0.3, -0.25) is 9.20 Å². The molecule has 0 unspecified atom stereocenters. The van der Waals surface area contributed by atoms with Gasteiger partial charge in [0.15, 0.2) is 0 Å². The van der Waals surface area contributed by atoms with E-state index in [1.165, 1.54) is 16.7 Å². The zero-order valence-corrected chi connectivity index (χ0v) is 13.1. The summed E-state index contributed by atoms with van der Waals surface area (Å²) in [6.07, 6.45) is 2.82. The number of nitrogens with one attached hydrogen (secondary N) is 1. The second-order valence-corrected chi connectivity index (χ2v) is 5.50. The minimum absolute atomic E-state index is 0.277. The molecule has 0 bridgehead atoms. The fourth-order valence-electron chi connectivity index (χ4n) is 2.61. The number of halogens is 1. The van der Waals surface area contributed by atoms with Gasteiger partial charge < -0.3 is 5.32 Å². The summed E-state index contributed by atoms with van der Waals surface area (Å²) in [6.45, 7) is 3.95. The van der Waals surface area contributed by atoms with Crippen LogP contribution in [-0.4, -0.2) is 15.3 Å². The molecule has 0 radical (unpaired) electrons. The fourth-order valence-corrected chi connectivity index (χ4v) is 2.61. The molecule has 4 nitrogen and oxygen atoms in total. The maximum absolute atomic E-state index is 13.6. The van der Waals surface area contributed by atoms with Crippen LogP contribution in [-0.2, 0) is 6.42 Å². The van der Waals surface area contributed by atoms with Gasteiger partial charge in [-0.15, -0.1) is 0 Å². The van der Waals surface area contributed by atoms with Crippen LogP contribution in [0.15, 0.2) is 42.6 Å². The third-order valence-corrected chi connectivity index (χ3v) is 3.75. The molecule has 1 amide bonds. The van der Waals surface area contributed by atoms with E-state index in [0.29, 0.717) is 23.5 Å². The molecule has 118 valence electrons. The summed E-state index contributed by atoms with van der Waals surface area (Å²) in [5, 5.41) is 2.90. The molecule has 0 atom stereocenters. The maximum Gasteiger partial charge on any atom is 0.274 e. The van der Waals surface area contributed by atoms with E-state index in [2.05, 4.69) is 10.3 Å². The molecule has 1 N–H and O–H groups in total. The van der Waals surface area contributed by atoms with Gasteiger partial charge in [0.05, 0.1) is 5.69 Å². The molecule has 0 saturated carbocycles. The molecule has 0 saturated heterocycles. The highest BCUT2D eigenvalue weighted by Crippen LogP contribution is 2.19. The van der Waals surface area contributed by atoms with Gasteiger partial charge in [-0.25, -0.2) is 9.37 Å². The van der Waals surface area contributed by atoms with E-state index in [4.69, 9.17) is 0 Å². The predicted octanol–water partition coefficient (Wildman–Crippen LogP) is 3.99. The minimum Gasteiger partial charge on any atom is -0.320 e. The topological polar surface area (TPSA) is 46.4 Å². The highest BCUT2D eigenvalue weighted by molar-refractivity contribution is 6.04. The van der Waals surface area contributed by atoms with Gasteiger partial charge in [-0.05, 0) is 37.1 Å². The normalized spacial score (nSPS) is 10.9. The van der Waals surface area contributed by atoms with Crippen molar-refractivity contribution in [2.45, 2.75) is 26.7 Å². The van der Waals surface area contributed by atoms with Crippen molar-refractivity contribution in [2.75, 3.05) is 5.32 Å². The van der Waals surface area contributed by atoms with E-state index in [0.717, 1.165) is 17.7 Å². The Hall–Kier alpha value is -2.69. The fraction of sp³-hybridized carbons (Fsp3) is 0.222. The van der Waals surface area contributed by atoms with Crippen molar-refractivity contribution < 1.29 is 9.18 Å². The van der Waals surface area contributed by atoms with Gasteiger partial charge in [0.1, 0.15) is 17.2 Å². The Morgan fingerprint density at radius 3 is 2.78 bits per heavy atom. The lowest BCUT2D eigenvalue weighted by Crippen LogP contribution is -2.17. The number of amides is 1. The number of imidazole rings is 1. The van der Waals surface area contributed by atoms with Crippen molar-refractivity contribution >= 4 is 17.2 Å². The van der Waals surface area contributed by atoms with Crippen molar-refractivity contribution in [2.24, 2.45) is 0 Å². The zero-order valence-electron chi connectivity index (χ0n) is 13.1. The number of fused-ring (bicyclic) bond motifs is 1. The first-order valence-corrected chi connectivity index (χ1v) is 7.63. The van der Waals surface area contributed by atoms with Crippen LogP contribution < -0.4 is 5.32 Å². The Kier molecular flexibility index (Phi) is 4.10. The van der Waals surface area contributed by atoms with E-state index in [1.54, 1.807) is 6.07 Å². The summed E-state index contributed by atoms with van der Waals surface area (Å²) in [5.41, 5.74) is 3.36. The quantitative estimate of drug-likeness (QED) is 0.792. The molecule has 0 fully saturated rings. The lowest BCUT2D eigenvalue weighted by atomic mass is 10.1. The van der Waals surface area contributed by atoms with E-state index in [1.807, 2.05) is 38.1 Å². The summed E-state index contributed by atoms with van der Waals surface area (Å²) < 4.78 is 15.1. The van der Waals surface area contributed by atoms with Crippen LogP contribution in [0.5, 0.6) is 0 Å². The summed E-state index contributed by atoms with van der Waals surface area (Å²) in [5.74, 6) is -0.677. The Balaban J connectivity index is 2.06. The zero-order chi connectivity index (χ0) is 16.4. The molecule has 2 heterocycles. The van der Waals surface area contributed by atoms with E-state index < -0.39 is 5.82 Å². The summed E-state index contributed by atoms with van der Waals surface area (Å²) in [4.78, 5) is 17.2. The number of para-hydroxylation sites is 1. The SMILES string of the molecule is CCCc1nc2ccc(F)cn2c1C(=O)Nc1ccccc1C. The lowest BCUT2D eigenvalue weighted by molar-refractivity contribution is 0.102. The Morgan fingerprint density at radius 1 is 1.26 bits per heavy atom. The number of aromatic nitrogens is 2. The van der Waals surface area contributed by atoms with Gasteiger partial charge in [0, 0.05) is 11.9 Å². The van der Waals surface area contributed by atoms with Crippen LogP contribution in [0.3, 0.4) is 0 Å². The molecule has 0 aliphatic heterocycles. The molecule has 0 spiro atoms. The highest BCUT2D eigenvalue weighted by atomic mass is 19.1. The van der Waals surface area contributed by atoms with Gasteiger partial charge in [0.2, 0.25) is 0 Å². The molecular weight excluding hydrogens is 293 g/mol. The Labute approximate surface area is 134 Å². The van der Waals surface area contributed by atoms with E-state index >= 15 is 0 Å². The number of rotatable bonds is 4. The first kappa shape index (κ1) is 15.2. The average molecular weight is 311 g/mol. The Bertz CT molecular complexity index is 870. The number of aryl methyl sites for hydroxylation is 2. The standard InChI is InChI=1S/C18H18FN3O/c1-3-6-15-17(22-11-13(19)9-10-16(22)20-15)18(23)21-14-8-5-4-7-12(14)2/h4-5,7-11H,3,6H2,1-2H3,(H,21,23). The van der Waals surface area contributed by atoms with E-state index in [9.17, 15) is 9.18 Å². The first-order valence-electron chi connectivity index (χ1n) is 7.63. The van der Waals surface area contributed by atoms with Crippen molar-refractivity contribution in [3.05, 3.63) is 65.4 Å². The maximum atomic E-state index is 13.6. The van der Waals surface area contributed by atoms with Crippen LogP contribution in [0, 0.1) is 12.7 Å². The molecule has 1 aromatic carbocycles. The van der Waals surface area contributed by atoms with Crippen molar-refractivity contribution in [1.82, 2.24) is 9.38 Å². The molecule has 23 heavy (non-hydrogen) atoms. The minimum atomic E-state index is -0.400. The first-order chi connectivity index (χ1) is 11.1. The summed E-state index contributed by atoms with van der Waals surface area (Å²) >= 11 is 0. The predicted molar refractivity (Wildman–Crippen MR) is 88.3 cm³/mol. The smallest absolute Gasteiger partial charge is 0.274 e. The van der Waals surface area contributed by atoms with Gasteiger partial charge in [-0.1, -0.05) is 31.5 Å². The number of carbonyl (C=O) groups excluding carboxylic acids is 1. The molecule has 0 aliphatic carbocycles. The average Bonchev–Trinajstić information content (AvgIpc) is 2.87. The molecule has 2 aromatic heterocycles. The van der Waals surface area contributed by atoms with E-state index in [-0.39, 0.29) is 5.91 Å². The Morgan fingerprint density at radius 2 is 2.04 bits per heavy atom. The molecular formula is C18H18FN3O. The summed E-state index contributed by atoms with van der Waals surface area (Å²) in [7, 11) is 0. The highest BCUT2D eigenvalue weighted by Gasteiger charge is 2.19. The van der Waals surface area contributed by atoms with Crippen LogP contribution >= 0.6 is 0 Å². The van der Waals surface area contributed by atoms with Crippen LogP contribution in [0.4, 0.5) is 10.1 Å². The largest absolute Gasteiger partial charge is 0.320 e. The van der Waals surface area contributed by atoms with Gasteiger partial charge in [0.25, 0.3) is 5.91 Å².